The molecule has 0 spiro atoms. The number of halogens is 2. The highest BCUT2D eigenvalue weighted by Gasteiger charge is 2.59. The van der Waals surface area contributed by atoms with E-state index in [1.54, 1.807) is 0 Å². The van der Waals surface area contributed by atoms with Crippen LogP contribution in [0.25, 0.3) is 0 Å². The lowest BCUT2D eigenvalue weighted by Crippen LogP contribution is -2.49. The number of hydrogen-bond donors (Lipinski definition) is 0. The molecule has 0 aromatic rings. The van der Waals surface area contributed by atoms with Crippen molar-refractivity contribution < 1.29 is 25.6 Å². The maximum Gasteiger partial charge on any atom is 0.473 e. The molecule has 0 rings (SSSR count). The van der Waals surface area contributed by atoms with E-state index in [9.17, 15) is 25.6 Å². The van der Waals surface area contributed by atoms with Gasteiger partial charge in [0.15, 0.2) is 0 Å². The first kappa shape index (κ1) is 14.7. The molecule has 0 N–H and O–H groups in total. The second kappa shape index (κ2) is 3.92. The van der Waals surface area contributed by atoms with Gasteiger partial charge < -0.3 is 0 Å². The third-order valence-electron chi connectivity index (χ3n) is 1.56. The number of hydrogen-bond acceptors (Lipinski definition) is 4. The molecular formula is C5H12F2N2O4S2. The Morgan fingerprint density at radius 2 is 1.00 bits per heavy atom. The summed E-state index contributed by atoms with van der Waals surface area (Å²) >= 11 is 0. The molecule has 0 aliphatic heterocycles. The van der Waals surface area contributed by atoms with E-state index >= 15 is 0 Å². The maximum atomic E-state index is 13.2. The molecule has 0 aliphatic carbocycles. The third kappa shape index (κ3) is 2.12. The molecule has 15 heavy (non-hydrogen) atoms. The highest BCUT2D eigenvalue weighted by molar-refractivity contribution is 8.07. The summed E-state index contributed by atoms with van der Waals surface area (Å²) in [5.74, 6) is 0. The molecule has 0 saturated carbocycles. The van der Waals surface area contributed by atoms with Gasteiger partial charge in [0.25, 0.3) is 20.0 Å². The quantitative estimate of drug-likeness (QED) is 0.675. The highest BCUT2D eigenvalue weighted by atomic mass is 32.3. The van der Waals surface area contributed by atoms with E-state index in [-0.39, 0.29) is 8.61 Å². The van der Waals surface area contributed by atoms with Gasteiger partial charge in [-0.1, -0.05) is 0 Å². The fourth-order valence-electron chi connectivity index (χ4n) is 0.558. The summed E-state index contributed by atoms with van der Waals surface area (Å²) in [7, 11) is -7.11. The van der Waals surface area contributed by atoms with Gasteiger partial charge in [0.05, 0.1) is 0 Å². The topological polar surface area (TPSA) is 74.8 Å². The van der Waals surface area contributed by atoms with Crippen molar-refractivity contribution in [2.75, 3.05) is 28.2 Å². The van der Waals surface area contributed by atoms with Crippen molar-refractivity contribution in [3.63, 3.8) is 0 Å². The molecule has 6 nitrogen and oxygen atoms in total. The molecule has 0 aromatic carbocycles. The molecule has 0 amide bonds. The molecule has 0 saturated heterocycles. The fourth-order valence-corrected chi connectivity index (χ4v) is 3.37. The Hall–Kier alpha value is -0.320. The predicted octanol–water partition coefficient (Wildman–Crippen LogP) is -0.680. The standard InChI is InChI=1S/C5H12F2N2O4S2/c1-8(2)14(10,11)5(6,7)15(12,13)9(3)4/h1-4H3. The molecule has 0 aromatic heterocycles. The summed E-state index contributed by atoms with van der Waals surface area (Å²) in [6, 6.07) is 0. The summed E-state index contributed by atoms with van der Waals surface area (Å²) in [5.41, 5.74) is 0. The van der Waals surface area contributed by atoms with E-state index in [1.165, 1.54) is 0 Å². The van der Waals surface area contributed by atoms with Crippen molar-refractivity contribution in [3.8, 4) is 0 Å². The lowest BCUT2D eigenvalue weighted by atomic mass is 11.3. The van der Waals surface area contributed by atoms with E-state index in [0.29, 0.717) is 0 Å². The van der Waals surface area contributed by atoms with Crippen LogP contribution >= 0.6 is 0 Å². The minimum Gasteiger partial charge on any atom is -0.205 e. The number of alkyl halides is 2. The van der Waals surface area contributed by atoms with Crippen molar-refractivity contribution in [2.45, 2.75) is 4.59 Å². The van der Waals surface area contributed by atoms with Crippen molar-refractivity contribution in [1.29, 1.82) is 0 Å². The Bertz CT molecular complexity index is 386. The van der Waals surface area contributed by atoms with Gasteiger partial charge in [-0.05, 0) is 0 Å². The molecule has 0 fully saturated rings. The van der Waals surface area contributed by atoms with Crippen LogP contribution in [0.15, 0.2) is 0 Å². The lowest BCUT2D eigenvalue weighted by Gasteiger charge is -2.23. The average molecular weight is 266 g/mol. The zero-order chi connectivity index (χ0) is 12.7. The molecule has 0 atom stereocenters. The van der Waals surface area contributed by atoms with E-state index in [0.717, 1.165) is 28.2 Å². The largest absolute Gasteiger partial charge is 0.473 e. The molecular weight excluding hydrogens is 254 g/mol. The zero-order valence-corrected chi connectivity index (χ0v) is 10.2. The molecule has 0 radical (unpaired) electrons. The molecule has 10 heteroatoms. The van der Waals surface area contributed by atoms with Crippen LogP contribution in [0.5, 0.6) is 0 Å². The minimum atomic E-state index is -5.21. The van der Waals surface area contributed by atoms with Crippen LogP contribution in [0.2, 0.25) is 0 Å². The van der Waals surface area contributed by atoms with E-state index < -0.39 is 24.6 Å². The highest BCUT2D eigenvalue weighted by Crippen LogP contribution is 2.31. The van der Waals surface area contributed by atoms with Gasteiger partial charge in [-0.2, -0.15) is 8.78 Å². The van der Waals surface area contributed by atoms with Crippen molar-refractivity contribution in [1.82, 2.24) is 8.61 Å². The molecule has 0 heterocycles. The first-order chi connectivity index (χ1) is 6.39. The van der Waals surface area contributed by atoms with Gasteiger partial charge >= 0.3 is 4.59 Å². The van der Waals surface area contributed by atoms with Gasteiger partial charge in [0, 0.05) is 28.2 Å². The summed E-state index contributed by atoms with van der Waals surface area (Å²) in [6.07, 6.45) is 0. The average Bonchev–Trinajstić information content (AvgIpc) is 2.02. The summed E-state index contributed by atoms with van der Waals surface area (Å²) in [6.45, 7) is 0. The van der Waals surface area contributed by atoms with Crippen LogP contribution in [0.1, 0.15) is 0 Å². The summed E-state index contributed by atoms with van der Waals surface area (Å²) in [4.78, 5) is 0. The number of rotatable bonds is 4. The molecule has 92 valence electrons. The summed E-state index contributed by atoms with van der Waals surface area (Å²) < 4.78 is 66.2. The number of nitrogens with zero attached hydrogens (tertiary/aromatic N) is 2. The Morgan fingerprint density at radius 1 is 0.800 bits per heavy atom. The van der Waals surface area contributed by atoms with Crippen LogP contribution in [0.4, 0.5) is 8.78 Å². The second-order valence-corrected chi connectivity index (χ2v) is 7.68. The zero-order valence-electron chi connectivity index (χ0n) is 8.60. The fraction of sp³-hybridized carbons (Fsp3) is 1.00. The Labute approximate surface area is 87.6 Å². The van der Waals surface area contributed by atoms with Crippen molar-refractivity contribution in [3.05, 3.63) is 0 Å². The van der Waals surface area contributed by atoms with Gasteiger partial charge in [-0.3, -0.25) is 0 Å². The molecule has 0 bridgehead atoms. The van der Waals surface area contributed by atoms with Crippen LogP contribution in [-0.2, 0) is 20.0 Å². The van der Waals surface area contributed by atoms with Crippen LogP contribution in [0, 0.1) is 0 Å². The number of sulfonamides is 2. The normalized spacial score (nSPS) is 14.9. The van der Waals surface area contributed by atoms with Gasteiger partial charge in [0.2, 0.25) is 0 Å². The Morgan fingerprint density at radius 3 is 1.13 bits per heavy atom. The first-order valence-corrected chi connectivity index (χ1v) is 6.49. The van der Waals surface area contributed by atoms with E-state index in [4.69, 9.17) is 0 Å². The van der Waals surface area contributed by atoms with Crippen molar-refractivity contribution >= 4 is 20.0 Å². The SMILES string of the molecule is CN(C)S(=O)(=O)C(F)(F)S(=O)(=O)N(C)C. The van der Waals surface area contributed by atoms with E-state index in [1.807, 2.05) is 0 Å². The Kier molecular flexibility index (Phi) is 3.84. The Balaban J connectivity index is 5.76. The molecule has 0 aliphatic rings. The lowest BCUT2D eigenvalue weighted by molar-refractivity contribution is 0.165. The first-order valence-electron chi connectivity index (χ1n) is 3.61. The van der Waals surface area contributed by atoms with Gasteiger partial charge in [0.1, 0.15) is 0 Å². The van der Waals surface area contributed by atoms with Gasteiger partial charge in [-0.25, -0.2) is 25.4 Å². The van der Waals surface area contributed by atoms with Gasteiger partial charge in [-0.15, -0.1) is 0 Å². The predicted molar refractivity (Wildman–Crippen MR) is 50.2 cm³/mol. The third-order valence-corrected chi connectivity index (χ3v) is 5.95. The maximum absolute atomic E-state index is 13.2. The minimum absolute atomic E-state index is 0.161. The van der Waals surface area contributed by atoms with E-state index in [2.05, 4.69) is 0 Å². The van der Waals surface area contributed by atoms with Crippen LogP contribution in [-0.4, -0.2) is 58.2 Å². The summed E-state index contributed by atoms with van der Waals surface area (Å²) in [5, 5.41) is 0. The van der Waals surface area contributed by atoms with Crippen molar-refractivity contribution in [2.24, 2.45) is 0 Å². The monoisotopic (exact) mass is 266 g/mol. The smallest absolute Gasteiger partial charge is 0.205 e. The van der Waals surface area contributed by atoms with Crippen LogP contribution in [0.3, 0.4) is 0 Å². The second-order valence-electron chi connectivity index (χ2n) is 3.04. The molecule has 0 unspecified atom stereocenters. The van der Waals surface area contributed by atoms with Crippen LogP contribution < -0.4 is 0 Å².